The molecular formula is C19H22ClN3O4. The molecule has 0 aliphatic carbocycles. The molecule has 1 fully saturated rings. The van der Waals surface area contributed by atoms with E-state index in [1.807, 2.05) is 24.0 Å². The number of hydrogen-bond acceptors (Lipinski definition) is 5. The summed E-state index contributed by atoms with van der Waals surface area (Å²) in [5.74, 6) is -0.831. The third-order valence-electron chi connectivity index (χ3n) is 4.85. The number of benzene rings is 1. The number of carbonyl (C=O) groups excluding carboxylic acids is 1. The standard InChI is InChI=1S/C19H22ClN3O4/c1-2-22(12-18(24)25)15-6-8-23(9-7-15)19(26)17-11-16(21-27-17)13-4-3-5-14(20)10-13/h3-5,10-11,15H,2,6-9,12H2,1H3,(H,24,25). The average molecular weight is 392 g/mol. The van der Waals surface area contributed by atoms with E-state index in [4.69, 9.17) is 21.2 Å². The second-order valence-electron chi connectivity index (χ2n) is 6.57. The van der Waals surface area contributed by atoms with E-state index in [1.165, 1.54) is 0 Å². The van der Waals surface area contributed by atoms with E-state index < -0.39 is 5.97 Å². The summed E-state index contributed by atoms with van der Waals surface area (Å²) in [6, 6.07) is 9.00. The lowest BCUT2D eigenvalue weighted by atomic mass is 10.0. The number of carboxylic acids is 1. The van der Waals surface area contributed by atoms with Crippen molar-refractivity contribution in [2.75, 3.05) is 26.2 Å². The minimum Gasteiger partial charge on any atom is -0.480 e. The van der Waals surface area contributed by atoms with Gasteiger partial charge in [-0.2, -0.15) is 0 Å². The van der Waals surface area contributed by atoms with Crippen LogP contribution in [0.4, 0.5) is 0 Å². The molecule has 0 spiro atoms. The van der Waals surface area contributed by atoms with Gasteiger partial charge in [-0.25, -0.2) is 0 Å². The average Bonchev–Trinajstić information content (AvgIpc) is 3.16. The van der Waals surface area contributed by atoms with Gasteiger partial charge in [-0.15, -0.1) is 0 Å². The first-order valence-corrected chi connectivity index (χ1v) is 9.33. The number of aromatic nitrogens is 1. The zero-order valence-electron chi connectivity index (χ0n) is 15.1. The summed E-state index contributed by atoms with van der Waals surface area (Å²) in [7, 11) is 0. The fourth-order valence-corrected chi connectivity index (χ4v) is 3.61. The van der Waals surface area contributed by atoms with Crippen LogP contribution in [0.1, 0.15) is 30.3 Å². The molecule has 7 nitrogen and oxygen atoms in total. The number of carboxylic acid groups (broad SMARTS) is 1. The van der Waals surface area contributed by atoms with Crippen LogP contribution in [0.2, 0.25) is 5.02 Å². The number of carbonyl (C=O) groups is 2. The highest BCUT2D eigenvalue weighted by Crippen LogP contribution is 2.24. The van der Waals surface area contributed by atoms with Crippen LogP contribution in [0.3, 0.4) is 0 Å². The van der Waals surface area contributed by atoms with Gasteiger partial charge < -0.3 is 14.5 Å². The molecule has 27 heavy (non-hydrogen) atoms. The van der Waals surface area contributed by atoms with Crippen LogP contribution in [0, 0.1) is 0 Å². The normalized spacial score (nSPS) is 15.3. The number of hydrogen-bond donors (Lipinski definition) is 1. The lowest BCUT2D eigenvalue weighted by Crippen LogP contribution is -2.48. The largest absolute Gasteiger partial charge is 0.480 e. The molecule has 2 heterocycles. The van der Waals surface area contributed by atoms with Crippen molar-refractivity contribution in [1.82, 2.24) is 15.0 Å². The van der Waals surface area contributed by atoms with Crippen molar-refractivity contribution in [3.63, 3.8) is 0 Å². The Hall–Kier alpha value is -2.38. The Balaban J connectivity index is 1.62. The minimum absolute atomic E-state index is 0.0280. The first-order chi connectivity index (χ1) is 13.0. The summed E-state index contributed by atoms with van der Waals surface area (Å²) >= 11 is 5.99. The van der Waals surface area contributed by atoms with Gasteiger partial charge >= 0.3 is 5.97 Å². The Bertz CT molecular complexity index is 815. The first-order valence-electron chi connectivity index (χ1n) is 8.95. The van der Waals surface area contributed by atoms with Crippen molar-refractivity contribution in [1.29, 1.82) is 0 Å². The van der Waals surface area contributed by atoms with Gasteiger partial charge in [0, 0.05) is 35.8 Å². The molecule has 1 amide bonds. The van der Waals surface area contributed by atoms with Crippen LogP contribution in [-0.4, -0.2) is 64.2 Å². The Morgan fingerprint density at radius 1 is 1.33 bits per heavy atom. The highest BCUT2D eigenvalue weighted by molar-refractivity contribution is 6.30. The molecule has 1 N–H and O–H groups in total. The second-order valence-corrected chi connectivity index (χ2v) is 7.00. The van der Waals surface area contributed by atoms with E-state index in [2.05, 4.69) is 5.16 Å². The van der Waals surface area contributed by atoms with Crippen LogP contribution >= 0.6 is 11.6 Å². The number of halogens is 1. The number of aliphatic carboxylic acids is 1. The predicted molar refractivity (Wildman–Crippen MR) is 101 cm³/mol. The predicted octanol–water partition coefficient (Wildman–Crippen LogP) is 3.01. The monoisotopic (exact) mass is 391 g/mol. The molecule has 1 aliphatic heterocycles. The van der Waals surface area contributed by atoms with Crippen molar-refractivity contribution in [2.24, 2.45) is 0 Å². The molecule has 1 aromatic carbocycles. The van der Waals surface area contributed by atoms with Crippen LogP contribution in [0.15, 0.2) is 34.9 Å². The molecule has 1 saturated heterocycles. The van der Waals surface area contributed by atoms with Crippen LogP contribution in [0.5, 0.6) is 0 Å². The fourth-order valence-electron chi connectivity index (χ4n) is 3.42. The Labute approximate surface area is 162 Å². The molecule has 1 aliphatic rings. The van der Waals surface area contributed by atoms with E-state index in [0.29, 0.717) is 30.4 Å². The van der Waals surface area contributed by atoms with Gasteiger partial charge in [0.25, 0.3) is 5.91 Å². The van der Waals surface area contributed by atoms with E-state index in [0.717, 1.165) is 18.4 Å². The Morgan fingerprint density at radius 2 is 2.07 bits per heavy atom. The van der Waals surface area contributed by atoms with Gasteiger partial charge in [0.2, 0.25) is 5.76 Å². The molecule has 144 valence electrons. The van der Waals surface area contributed by atoms with Gasteiger partial charge in [0.05, 0.1) is 6.54 Å². The number of nitrogens with zero attached hydrogens (tertiary/aromatic N) is 3. The third kappa shape index (κ3) is 4.67. The van der Waals surface area contributed by atoms with Gasteiger partial charge in [-0.05, 0) is 31.5 Å². The van der Waals surface area contributed by atoms with Gasteiger partial charge in [0.1, 0.15) is 5.69 Å². The van der Waals surface area contributed by atoms with E-state index in [-0.39, 0.29) is 24.3 Å². The lowest BCUT2D eigenvalue weighted by molar-refractivity contribution is -0.139. The maximum absolute atomic E-state index is 12.7. The lowest BCUT2D eigenvalue weighted by Gasteiger charge is -2.37. The quantitative estimate of drug-likeness (QED) is 0.814. The van der Waals surface area contributed by atoms with Gasteiger partial charge in [-0.1, -0.05) is 35.8 Å². The van der Waals surface area contributed by atoms with E-state index >= 15 is 0 Å². The smallest absolute Gasteiger partial charge is 0.317 e. The van der Waals surface area contributed by atoms with Gasteiger partial charge in [-0.3, -0.25) is 14.5 Å². The Morgan fingerprint density at radius 3 is 2.70 bits per heavy atom. The third-order valence-corrected chi connectivity index (χ3v) is 5.09. The molecule has 0 radical (unpaired) electrons. The summed E-state index contributed by atoms with van der Waals surface area (Å²) < 4.78 is 5.25. The Kier molecular flexibility index (Phi) is 6.13. The first kappa shape index (κ1) is 19.4. The van der Waals surface area contributed by atoms with Crippen LogP contribution in [-0.2, 0) is 4.79 Å². The molecular weight excluding hydrogens is 370 g/mol. The zero-order chi connectivity index (χ0) is 19.4. The molecule has 2 aromatic rings. The second kappa shape index (κ2) is 8.54. The highest BCUT2D eigenvalue weighted by atomic mass is 35.5. The summed E-state index contributed by atoms with van der Waals surface area (Å²) in [4.78, 5) is 27.3. The summed E-state index contributed by atoms with van der Waals surface area (Å²) in [6.45, 7) is 3.78. The van der Waals surface area contributed by atoms with Gasteiger partial charge in [0.15, 0.2) is 0 Å². The molecule has 8 heteroatoms. The van der Waals surface area contributed by atoms with E-state index in [1.54, 1.807) is 23.1 Å². The summed E-state index contributed by atoms with van der Waals surface area (Å²) in [6.07, 6.45) is 1.48. The molecule has 0 unspecified atom stereocenters. The number of amides is 1. The van der Waals surface area contributed by atoms with Crippen molar-refractivity contribution in [2.45, 2.75) is 25.8 Å². The minimum atomic E-state index is -0.828. The van der Waals surface area contributed by atoms with Crippen molar-refractivity contribution >= 4 is 23.5 Å². The SMILES string of the molecule is CCN(CC(=O)O)C1CCN(C(=O)c2cc(-c3cccc(Cl)c3)no2)CC1. The number of rotatable bonds is 6. The topological polar surface area (TPSA) is 86.9 Å². The maximum Gasteiger partial charge on any atom is 0.317 e. The number of piperidine rings is 1. The summed E-state index contributed by atoms with van der Waals surface area (Å²) in [5.41, 5.74) is 1.35. The van der Waals surface area contributed by atoms with Crippen molar-refractivity contribution < 1.29 is 19.2 Å². The molecule has 1 aromatic heterocycles. The number of likely N-dealkylation sites (N-methyl/N-ethyl adjacent to an activating group) is 1. The van der Waals surface area contributed by atoms with Crippen molar-refractivity contribution in [3.8, 4) is 11.3 Å². The van der Waals surface area contributed by atoms with Crippen molar-refractivity contribution in [3.05, 3.63) is 41.1 Å². The molecule has 0 bridgehead atoms. The van der Waals surface area contributed by atoms with Crippen LogP contribution in [0.25, 0.3) is 11.3 Å². The highest BCUT2D eigenvalue weighted by Gasteiger charge is 2.29. The molecule has 3 rings (SSSR count). The number of likely N-dealkylation sites (tertiary alicyclic amines) is 1. The summed E-state index contributed by atoms with van der Waals surface area (Å²) in [5, 5.41) is 13.6. The molecule has 0 saturated carbocycles. The fraction of sp³-hybridized carbons (Fsp3) is 0.421. The molecule has 0 atom stereocenters. The van der Waals surface area contributed by atoms with Crippen LogP contribution < -0.4 is 0 Å². The maximum atomic E-state index is 12.7. The zero-order valence-corrected chi connectivity index (χ0v) is 15.9. The van der Waals surface area contributed by atoms with E-state index in [9.17, 15) is 9.59 Å².